The maximum absolute atomic E-state index is 12.4. The van der Waals surface area contributed by atoms with E-state index in [1.807, 2.05) is 50.2 Å². The fourth-order valence-corrected chi connectivity index (χ4v) is 3.61. The van der Waals surface area contributed by atoms with Crippen LogP contribution in [0.5, 0.6) is 5.75 Å². The molecule has 0 atom stereocenters. The summed E-state index contributed by atoms with van der Waals surface area (Å²) in [5.74, 6) is -1.09. The van der Waals surface area contributed by atoms with Gasteiger partial charge in [-0.3, -0.25) is 9.59 Å². The van der Waals surface area contributed by atoms with Crippen molar-refractivity contribution in [2.45, 2.75) is 33.3 Å². The number of aryl methyl sites for hydroxylation is 2. The number of amides is 2. The number of hydrogen-bond acceptors (Lipinski definition) is 4. The summed E-state index contributed by atoms with van der Waals surface area (Å²) in [4.78, 5) is 24.7. The standard InChI is InChI=1S/C26H25Cl2N3O3/c1-3-18-9-7-10-19(4-2)24(18)30-25(32)26(33)31-29-15-20-8-5-6-11-23(20)34-16-17-12-13-21(27)22(28)14-17/h5-15H,3-4,16H2,1-2H3,(H,30,32)(H,31,33)/b29-15-. The molecule has 0 bridgehead atoms. The zero-order chi connectivity index (χ0) is 24.5. The van der Waals surface area contributed by atoms with Crippen molar-refractivity contribution in [3.63, 3.8) is 0 Å². The molecule has 0 saturated carbocycles. The Bertz CT molecular complexity index is 1190. The molecule has 0 unspecified atom stereocenters. The molecule has 6 nitrogen and oxygen atoms in total. The fraction of sp³-hybridized carbons (Fsp3) is 0.192. The van der Waals surface area contributed by atoms with Crippen molar-refractivity contribution in [1.29, 1.82) is 0 Å². The van der Waals surface area contributed by atoms with Gasteiger partial charge in [-0.1, -0.05) is 73.4 Å². The number of nitrogens with one attached hydrogen (secondary N) is 2. The molecule has 0 fully saturated rings. The van der Waals surface area contributed by atoms with Crippen molar-refractivity contribution in [1.82, 2.24) is 5.43 Å². The van der Waals surface area contributed by atoms with E-state index in [1.54, 1.807) is 24.3 Å². The van der Waals surface area contributed by atoms with Crippen LogP contribution < -0.4 is 15.5 Å². The van der Waals surface area contributed by atoms with Crippen LogP contribution in [0.25, 0.3) is 0 Å². The lowest BCUT2D eigenvalue weighted by atomic mass is 10.0. The normalized spacial score (nSPS) is 10.8. The predicted octanol–water partition coefficient (Wildman–Crippen LogP) is 5.79. The Hall–Kier alpha value is -3.35. The van der Waals surface area contributed by atoms with E-state index in [9.17, 15) is 9.59 Å². The van der Waals surface area contributed by atoms with Gasteiger partial charge in [0.25, 0.3) is 0 Å². The van der Waals surface area contributed by atoms with Gasteiger partial charge in [-0.25, -0.2) is 5.43 Å². The molecule has 0 aliphatic heterocycles. The molecule has 0 aromatic heterocycles. The summed E-state index contributed by atoms with van der Waals surface area (Å²) in [6.07, 6.45) is 2.90. The first-order chi connectivity index (χ1) is 16.4. The largest absolute Gasteiger partial charge is 0.488 e. The molecule has 176 valence electrons. The number of halogens is 2. The number of para-hydroxylation sites is 2. The Morgan fingerprint density at radius 3 is 2.29 bits per heavy atom. The minimum Gasteiger partial charge on any atom is -0.488 e. The lowest BCUT2D eigenvalue weighted by Gasteiger charge is -2.13. The van der Waals surface area contributed by atoms with Crippen molar-refractivity contribution in [3.05, 3.63) is 93.0 Å². The molecule has 34 heavy (non-hydrogen) atoms. The van der Waals surface area contributed by atoms with Crippen LogP contribution >= 0.6 is 23.2 Å². The summed E-state index contributed by atoms with van der Waals surface area (Å²) in [5, 5.41) is 7.57. The highest BCUT2D eigenvalue weighted by Gasteiger charge is 2.16. The highest BCUT2D eigenvalue weighted by molar-refractivity contribution is 6.42. The van der Waals surface area contributed by atoms with Gasteiger partial charge in [0.2, 0.25) is 0 Å². The predicted molar refractivity (Wildman–Crippen MR) is 137 cm³/mol. The summed E-state index contributed by atoms with van der Waals surface area (Å²) in [6.45, 7) is 4.26. The number of hydrogen-bond donors (Lipinski definition) is 2. The van der Waals surface area contributed by atoms with E-state index in [0.717, 1.165) is 29.5 Å². The molecule has 0 aliphatic carbocycles. The summed E-state index contributed by atoms with van der Waals surface area (Å²) < 4.78 is 5.87. The molecule has 0 saturated heterocycles. The quantitative estimate of drug-likeness (QED) is 0.235. The van der Waals surface area contributed by atoms with E-state index in [0.29, 0.717) is 27.0 Å². The van der Waals surface area contributed by atoms with Gasteiger partial charge in [0, 0.05) is 11.3 Å². The Labute approximate surface area is 208 Å². The van der Waals surface area contributed by atoms with E-state index in [2.05, 4.69) is 15.8 Å². The first-order valence-corrected chi connectivity index (χ1v) is 11.6. The number of carbonyl (C=O) groups is 2. The number of hydrazone groups is 1. The third-order valence-electron chi connectivity index (χ3n) is 5.11. The minimum absolute atomic E-state index is 0.271. The number of benzene rings is 3. The van der Waals surface area contributed by atoms with Crippen LogP contribution in [-0.2, 0) is 29.0 Å². The highest BCUT2D eigenvalue weighted by atomic mass is 35.5. The van der Waals surface area contributed by atoms with Gasteiger partial charge in [-0.15, -0.1) is 0 Å². The molecular weight excluding hydrogens is 473 g/mol. The average molecular weight is 498 g/mol. The first-order valence-electron chi connectivity index (χ1n) is 10.8. The zero-order valence-corrected chi connectivity index (χ0v) is 20.4. The third-order valence-corrected chi connectivity index (χ3v) is 5.85. The Morgan fingerprint density at radius 2 is 1.62 bits per heavy atom. The van der Waals surface area contributed by atoms with Crippen molar-refractivity contribution in [2.75, 3.05) is 5.32 Å². The van der Waals surface area contributed by atoms with E-state index < -0.39 is 11.8 Å². The van der Waals surface area contributed by atoms with Crippen molar-refractivity contribution in [3.8, 4) is 5.75 Å². The molecule has 3 aromatic carbocycles. The molecule has 0 radical (unpaired) electrons. The number of anilines is 1. The third kappa shape index (κ3) is 6.59. The molecule has 0 aliphatic rings. The number of nitrogens with zero attached hydrogens (tertiary/aromatic N) is 1. The summed E-state index contributed by atoms with van der Waals surface area (Å²) >= 11 is 12.0. The molecular formula is C26H25Cl2N3O3. The lowest BCUT2D eigenvalue weighted by molar-refractivity contribution is -0.136. The van der Waals surface area contributed by atoms with Crippen LogP contribution in [0.15, 0.2) is 65.8 Å². The summed E-state index contributed by atoms with van der Waals surface area (Å²) in [6, 6.07) is 18.3. The van der Waals surface area contributed by atoms with E-state index in [1.165, 1.54) is 6.21 Å². The van der Waals surface area contributed by atoms with E-state index >= 15 is 0 Å². The smallest absolute Gasteiger partial charge is 0.329 e. The van der Waals surface area contributed by atoms with Crippen LogP contribution in [0.4, 0.5) is 5.69 Å². The van der Waals surface area contributed by atoms with E-state index in [4.69, 9.17) is 27.9 Å². The molecule has 2 amide bonds. The summed E-state index contributed by atoms with van der Waals surface area (Å²) in [7, 11) is 0. The molecule has 8 heteroatoms. The Balaban J connectivity index is 1.62. The second-order valence-corrected chi connectivity index (χ2v) is 8.20. The first kappa shape index (κ1) is 25.3. The van der Waals surface area contributed by atoms with Crippen LogP contribution in [0.1, 0.15) is 36.1 Å². The molecule has 0 heterocycles. The average Bonchev–Trinajstić information content (AvgIpc) is 2.85. The second-order valence-electron chi connectivity index (χ2n) is 7.39. The SMILES string of the molecule is CCc1cccc(CC)c1NC(=O)C(=O)N/N=C\c1ccccc1OCc1ccc(Cl)c(Cl)c1. The fourth-order valence-electron chi connectivity index (χ4n) is 3.29. The van der Waals surface area contributed by atoms with Crippen molar-refractivity contribution >= 4 is 46.9 Å². The van der Waals surface area contributed by atoms with Gasteiger partial charge in [0.05, 0.1) is 16.3 Å². The minimum atomic E-state index is -0.863. The Kier molecular flexibility index (Phi) is 9.08. The summed E-state index contributed by atoms with van der Waals surface area (Å²) in [5.41, 5.74) is 6.37. The number of carbonyl (C=O) groups excluding carboxylic acids is 2. The van der Waals surface area contributed by atoms with Crippen LogP contribution in [0.2, 0.25) is 10.0 Å². The zero-order valence-electron chi connectivity index (χ0n) is 18.9. The lowest BCUT2D eigenvalue weighted by Crippen LogP contribution is -2.33. The van der Waals surface area contributed by atoms with Gasteiger partial charge in [-0.2, -0.15) is 5.10 Å². The molecule has 0 spiro atoms. The second kappa shape index (κ2) is 12.2. The van der Waals surface area contributed by atoms with Gasteiger partial charge in [0.1, 0.15) is 12.4 Å². The van der Waals surface area contributed by atoms with Gasteiger partial charge < -0.3 is 10.1 Å². The number of ether oxygens (including phenoxy) is 1. The monoisotopic (exact) mass is 497 g/mol. The maximum atomic E-state index is 12.4. The molecule has 3 rings (SSSR count). The van der Waals surface area contributed by atoms with Gasteiger partial charge in [-0.05, 0) is 53.8 Å². The van der Waals surface area contributed by atoms with Crippen LogP contribution in [0, 0.1) is 0 Å². The van der Waals surface area contributed by atoms with E-state index in [-0.39, 0.29) is 6.61 Å². The van der Waals surface area contributed by atoms with Crippen molar-refractivity contribution in [2.24, 2.45) is 5.10 Å². The molecule has 2 N–H and O–H groups in total. The topological polar surface area (TPSA) is 79.8 Å². The van der Waals surface area contributed by atoms with Crippen LogP contribution in [0.3, 0.4) is 0 Å². The highest BCUT2D eigenvalue weighted by Crippen LogP contribution is 2.24. The Morgan fingerprint density at radius 1 is 0.912 bits per heavy atom. The number of rotatable bonds is 8. The van der Waals surface area contributed by atoms with Crippen molar-refractivity contribution < 1.29 is 14.3 Å². The molecule has 3 aromatic rings. The van der Waals surface area contributed by atoms with Crippen LogP contribution in [-0.4, -0.2) is 18.0 Å². The van der Waals surface area contributed by atoms with Gasteiger partial charge >= 0.3 is 11.8 Å². The maximum Gasteiger partial charge on any atom is 0.329 e. The van der Waals surface area contributed by atoms with Gasteiger partial charge in [0.15, 0.2) is 0 Å².